The van der Waals surface area contributed by atoms with Gasteiger partial charge in [0.25, 0.3) is 0 Å². The first-order valence-corrected chi connectivity index (χ1v) is 6.62. The molecule has 0 atom stereocenters. The van der Waals surface area contributed by atoms with E-state index in [0.29, 0.717) is 5.82 Å². The Morgan fingerprint density at radius 1 is 1.37 bits per heavy atom. The lowest BCUT2D eigenvalue weighted by Crippen LogP contribution is -2.10. The van der Waals surface area contributed by atoms with Crippen LogP contribution in [0.2, 0.25) is 0 Å². The molecule has 3 N–H and O–H groups in total. The number of nitrogens with one attached hydrogen (secondary N) is 1. The van der Waals surface area contributed by atoms with Crippen LogP contribution in [0.15, 0.2) is 24.5 Å². The maximum Gasteiger partial charge on any atom is 0.133 e. The second-order valence-electron chi connectivity index (χ2n) is 4.39. The van der Waals surface area contributed by atoms with Crippen molar-refractivity contribution in [2.24, 2.45) is 0 Å². The van der Waals surface area contributed by atoms with E-state index < -0.39 is 0 Å². The fourth-order valence-electron chi connectivity index (χ4n) is 1.83. The third-order valence-electron chi connectivity index (χ3n) is 2.70. The average molecular weight is 260 g/mol. The van der Waals surface area contributed by atoms with Gasteiger partial charge in [-0.15, -0.1) is 0 Å². The quantitative estimate of drug-likeness (QED) is 0.741. The number of nitrogen functional groups attached to an aromatic ring is 1. The van der Waals surface area contributed by atoms with Gasteiger partial charge in [-0.25, -0.2) is 9.97 Å². The first kappa shape index (κ1) is 13.3. The molecule has 0 radical (unpaired) electrons. The van der Waals surface area contributed by atoms with E-state index in [4.69, 9.17) is 5.73 Å². The number of aryl methyl sites for hydroxylation is 2. The fraction of sp³-hybridized carbons (Fsp3) is 0.462. The number of aromatic nitrogens is 4. The topological polar surface area (TPSA) is 81.6 Å². The van der Waals surface area contributed by atoms with Gasteiger partial charge >= 0.3 is 0 Å². The summed E-state index contributed by atoms with van der Waals surface area (Å²) in [5, 5.41) is 7.43. The van der Waals surface area contributed by atoms with Gasteiger partial charge in [0.1, 0.15) is 17.5 Å². The van der Waals surface area contributed by atoms with E-state index in [1.807, 2.05) is 16.9 Å². The minimum atomic E-state index is 0.521. The van der Waals surface area contributed by atoms with Gasteiger partial charge in [0.05, 0.1) is 0 Å². The zero-order chi connectivity index (χ0) is 13.5. The Balaban J connectivity index is 1.81. The van der Waals surface area contributed by atoms with Gasteiger partial charge in [0, 0.05) is 38.0 Å². The number of hydrogen-bond acceptors (Lipinski definition) is 5. The highest BCUT2D eigenvalue weighted by molar-refractivity contribution is 5.44. The minimum absolute atomic E-state index is 0.521. The maximum atomic E-state index is 5.77. The van der Waals surface area contributed by atoms with Crippen molar-refractivity contribution in [3.8, 4) is 0 Å². The Labute approximate surface area is 113 Å². The van der Waals surface area contributed by atoms with Gasteiger partial charge in [-0.1, -0.05) is 6.92 Å². The Bertz CT molecular complexity index is 494. The number of nitrogens with two attached hydrogens (primary N) is 1. The van der Waals surface area contributed by atoms with Crippen LogP contribution < -0.4 is 11.1 Å². The molecular weight excluding hydrogens is 240 g/mol. The molecule has 0 saturated carbocycles. The predicted molar refractivity (Wildman–Crippen MR) is 75.8 cm³/mol. The van der Waals surface area contributed by atoms with Gasteiger partial charge in [0.15, 0.2) is 0 Å². The lowest BCUT2D eigenvalue weighted by Gasteiger charge is -2.08. The lowest BCUT2D eigenvalue weighted by molar-refractivity contribution is 0.591. The standard InChI is InChI=1S/C13H20N6/c1-2-5-12-17-11(14)10-13(18-12)15-6-3-8-19-9-4-7-16-19/h4,7,9-10H,2-3,5-6,8H2,1H3,(H3,14,15,17,18). The molecule has 0 aliphatic heterocycles. The molecule has 2 rings (SSSR count). The molecule has 0 fully saturated rings. The summed E-state index contributed by atoms with van der Waals surface area (Å²) < 4.78 is 1.92. The minimum Gasteiger partial charge on any atom is -0.384 e. The summed E-state index contributed by atoms with van der Waals surface area (Å²) in [4.78, 5) is 8.64. The normalized spacial score (nSPS) is 10.6. The molecule has 0 saturated heterocycles. The fourth-order valence-corrected chi connectivity index (χ4v) is 1.83. The molecule has 6 nitrogen and oxygen atoms in total. The summed E-state index contributed by atoms with van der Waals surface area (Å²) in [5.41, 5.74) is 5.77. The highest BCUT2D eigenvalue weighted by Crippen LogP contribution is 2.09. The van der Waals surface area contributed by atoms with Gasteiger partial charge in [-0.2, -0.15) is 5.10 Å². The number of hydrogen-bond donors (Lipinski definition) is 2. The molecule has 2 aromatic rings. The van der Waals surface area contributed by atoms with Crippen molar-refractivity contribution >= 4 is 11.6 Å². The first-order valence-electron chi connectivity index (χ1n) is 6.62. The monoisotopic (exact) mass is 260 g/mol. The lowest BCUT2D eigenvalue weighted by atomic mass is 10.3. The average Bonchev–Trinajstić information content (AvgIpc) is 2.87. The number of rotatable bonds is 7. The largest absolute Gasteiger partial charge is 0.384 e. The molecule has 0 aliphatic rings. The van der Waals surface area contributed by atoms with Crippen molar-refractivity contribution in [1.29, 1.82) is 0 Å². The van der Waals surface area contributed by atoms with Crippen molar-refractivity contribution in [1.82, 2.24) is 19.7 Å². The molecule has 2 heterocycles. The van der Waals surface area contributed by atoms with E-state index >= 15 is 0 Å². The zero-order valence-corrected chi connectivity index (χ0v) is 11.2. The van der Waals surface area contributed by atoms with Crippen LogP contribution in [0.1, 0.15) is 25.6 Å². The summed E-state index contributed by atoms with van der Waals surface area (Å²) in [5.74, 6) is 2.13. The summed E-state index contributed by atoms with van der Waals surface area (Å²) in [6.07, 6.45) is 6.60. The second kappa shape index (κ2) is 6.72. The molecule has 0 aliphatic carbocycles. The Morgan fingerprint density at radius 3 is 3.00 bits per heavy atom. The van der Waals surface area contributed by atoms with Gasteiger partial charge in [-0.05, 0) is 18.9 Å². The van der Waals surface area contributed by atoms with Gasteiger partial charge < -0.3 is 11.1 Å². The molecule has 2 aromatic heterocycles. The molecule has 0 aromatic carbocycles. The predicted octanol–water partition coefficient (Wildman–Crippen LogP) is 1.71. The third kappa shape index (κ3) is 4.24. The molecule has 102 valence electrons. The number of anilines is 2. The summed E-state index contributed by atoms with van der Waals surface area (Å²) in [7, 11) is 0. The van der Waals surface area contributed by atoms with Crippen molar-refractivity contribution in [2.75, 3.05) is 17.6 Å². The van der Waals surface area contributed by atoms with Gasteiger partial charge in [0.2, 0.25) is 0 Å². The molecular formula is C13H20N6. The van der Waals surface area contributed by atoms with Gasteiger partial charge in [-0.3, -0.25) is 4.68 Å². The molecule has 0 amide bonds. The van der Waals surface area contributed by atoms with Crippen molar-refractivity contribution in [3.05, 3.63) is 30.4 Å². The summed E-state index contributed by atoms with van der Waals surface area (Å²) in [6, 6.07) is 3.70. The van der Waals surface area contributed by atoms with E-state index in [2.05, 4.69) is 27.3 Å². The van der Waals surface area contributed by atoms with E-state index in [1.165, 1.54) is 0 Å². The Kier molecular flexibility index (Phi) is 4.72. The van der Waals surface area contributed by atoms with Crippen LogP contribution in [0, 0.1) is 0 Å². The Morgan fingerprint density at radius 2 is 2.26 bits per heavy atom. The van der Waals surface area contributed by atoms with Crippen LogP contribution in [0.5, 0.6) is 0 Å². The molecule has 0 unspecified atom stereocenters. The van der Waals surface area contributed by atoms with E-state index in [1.54, 1.807) is 12.3 Å². The van der Waals surface area contributed by atoms with Crippen LogP contribution in [-0.2, 0) is 13.0 Å². The third-order valence-corrected chi connectivity index (χ3v) is 2.70. The second-order valence-corrected chi connectivity index (χ2v) is 4.39. The summed E-state index contributed by atoms with van der Waals surface area (Å²) >= 11 is 0. The smallest absolute Gasteiger partial charge is 0.133 e. The molecule has 0 bridgehead atoms. The van der Waals surface area contributed by atoms with Crippen molar-refractivity contribution in [3.63, 3.8) is 0 Å². The highest BCUT2D eigenvalue weighted by atomic mass is 15.3. The zero-order valence-electron chi connectivity index (χ0n) is 11.2. The van der Waals surface area contributed by atoms with Crippen LogP contribution in [0.3, 0.4) is 0 Å². The van der Waals surface area contributed by atoms with Crippen LogP contribution in [0.4, 0.5) is 11.6 Å². The van der Waals surface area contributed by atoms with Crippen LogP contribution in [-0.4, -0.2) is 26.3 Å². The molecule has 0 spiro atoms. The molecule has 6 heteroatoms. The summed E-state index contributed by atoms with van der Waals surface area (Å²) in [6.45, 7) is 3.83. The molecule has 19 heavy (non-hydrogen) atoms. The van der Waals surface area contributed by atoms with Crippen LogP contribution in [0.25, 0.3) is 0 Å². The van der Waals surface area contributed by atoms with Crippen molar-refractivity contribution in [2.45, 2.75) is 32.7 Å². The Hall–Kier alpha value is -2.11. The van der Waals surface area contributed by atoms with E-state index in [-0.39, 0.29) is 0 Å². The maximum absolute atomic E-state index is 5.77. The van der Waals surface area contributed by atoms with E-state index in [9.17, 15) is 0 Å². The number of nitrogens with zero attached hydrogens (tertiary/aromatic N) is 4. The highest BCUT2D eigenvalue weighted by Gasteiger charge is 2.01. The first-order chi connectivity index (χ1) is 9.28. The van der Waals surface area contributed by atoms with E-state index in [0.717, 1.165) is 44.0 Å². The SMILES string of the molecule is CCCc1nc(N)cc(NCCCn2cccn2)n1. The van der Waals surface area contributed by atoms with Crippen molar-refractivity contribution < 1.29 is 0 Å². The van der Waals surface area contributed by atoms with Crippen LogP contribution >= 0.6 is 0 Å².